The summed E-state index contributed by atoms with van der Waals surface area (Å²) in [5, 5.41) is 0.0206. The molecule has 70 valence electrons. The first-order valence-corrected chi connectivity index (χ1v) is 6.74. The van der Waals surface area contributed by atoms with E-state index in [2.05, 4.69) is 0 Å². The zero-order valence-electron chi connectivity index (χ0n) is 7.03. The van der Waals surface area contributed by atoms with Gasteiger partial charge in [-0.25, -0.2) is 8.42 Å². The van der Waals surface area contributed by atoms with E-state index in [4.69, 9.17) is 11.6 Å². The van der Waals surface area contributed by atoms with Gasteiger partial charge in [-0.1, -0.05) is 6.42 Å². The number of fused-ring (bicyclic) bond motifs is 2. The maximum absolute atomic E-state index is 11.3. The van der Waals surface area contributed by atoms with Crippen LogP contribution < -0.4 is 0 Å². The van der Waals surface area contributed by atoms with E-state index in [1.807, 2.05) is 0 Å². The van der Waals surface area contributed by atoms with Gasteiger partial charge in [-0.05, 0) is 24.7 Å². The van der Waals surface area contributed by atoms with E-state index in [0.717, 1.165) is 19.3 Å². The molecule has 0 heterocycles. The molecule has 0 spiro atoms. The van der Waals surface area contributed by atoms with Crippen molar-refractivity contribution in [3.63, 3.8) is 0 Å². The summed E-state index contributed by atoms with van der Waals surface area (Å²) < 4.78 is 22.6. The lowest BCUT2D eigenvalue weighted by molar-refractivity contribution is 0.130. The summed E-state index contributed by atoms with van der Waals surface area (Å²) >= 11 is 6.05. The normalized spacial score (nSPS) is 46.8. The van der Waals surface area contributed by atoms with Gasteiger partial charge in [0.1, 0.15) is 0 Å². The van der Waals surface area contributed by atoms with Crippen LogP contribution in [0.2, 0.25) is 0 Å². The van der Waals surface area contributed by atoms with Gasteiger partial charge in [-0.3, -0.25) is 0 Å². The highest BCUT2D eigenvalue weighted by molar-refractivity contribution is 7.91. The second-order valence-electron chi connectivity index (χ2n) is 4.00. The zero-order chi connectivity index (χ0) is 8.93. The van der Waals surface area contributed by atoms with Gasteiger partial charge in [0.05, 0.1) is 5.25 Å². The zero-order valence-corrected chi connectivity index (χ0v) is 8.61. The van der Waals surface area contributed by atoms with Gasteiger partial charge in [0.25, 0.3) is 0 Å². The minimum atomic E-state index is -2.84. The Balaban J connectivity index is 2.23. The lowest BCUT2D eigenvalue weighted by Gasteiger charge is -2.52. The fourth-order valence-electron chi connectivity index (χ4n) is 2.72. The number of alkyl halides is 1. The molecule has 3 rings (SSSR count). The summed E-state index contributed by atoms with van der Waals surface area (Å²) in [6, 6.07) is 0. The molecular weight excluding hydrogens is 196 g/mol. The van der Waals surface area contributed by atoms with Crippen LogP contribution in [-0.4, -0.2) is 25.3 Å². The predicted molar refractivity (Wildman–Crippen MR) is 49.1 cm³/mol. The van der Waals surface area contributed by atoms with Crippen molar-refractivity contribution >= 4 is 21.4 Å². The van der Waals surface area contributed by atoms with Crippen LogP contribution in [0.1, 0.15) is 19.3 Å². The molecule has 0 aromatic rings. The highest BCUT2D eigenvalue weighted by Gasteiger charge is 2.55. The summed E-state index contributed by atoms with van der Waals surface area (Å²) in [6.45, 7) is 0. The SMILES string of the molecule is CS(=O)(=O)C1[C@@H]2CCC[C@@H]1C2Cl. The summed E-state index contributed by atoms with van der Waals surface area (Å²) in [7, 11) is -2.84. The molecule has 12 heavy (non-hydrogen) atoms. The molecule has 4 heteroatoms. The average Bonchev–Trinajstić information content (AvgIpc) is 2.01. The van der Waals surface area contributed by atoms with Crippen molar-refractivity contribution in [2.24, 2.45) is 11.8 Å². The lowest BCUT2D eigenvalue weighted by atomic mass is 9.64. The van der Waals surface area contributed by atoms with Gasteiger partial charge < -0.3 is 0 Å². The molecule has 2 bridgehead atoms. The van der Waals surface area contributed by atoms with Crippen LogP contribution in [0.4, 0.5) is 0 Å². The molecule has 0 saturated heterocycles. The number of hydrogen-bond acceptors (Lipinski definition) is 2. The molecule has 3 aliphatic carbocycles. The maximum Gasteiger partial charge on any atom is 0.150 e. The summed E-state index contributed by atoms with van der Waals surface area (Å²) in [4.78, 5) is 0. The van der Waals surface area contributed by atoms with E-state index in [-0.39, 0.29) is 22.5 Å². The minimum absolute atomic E-state index is 0.117. The third kappa shape index (κ3) is 1.10. The molecule has 2 atom stereocenters. The molecule has 3 aliphatic rings. The van der Waals surface area contributed by atoms with Crippen molar-refractivity contribution in [3.8, 4) is 0 Å². The fraction of sp³-hybridized carbons (Fsp3) is 1.00. The Morgan fingerprint density at radius 1 is 1.25 bits per heavy atom. The van der Waals surface area contributed by atoms with Crippen molar-refractivity contribution in [2.45, 2.75) is 29.9 Å². The van der Waals surface area contributed by atoms with Crippen LogP contribution in [-0.2, 0) is 9.84 Å². The van der Waals surface area contributed by atoms with Gasteiger partial charge in [-0.15, -0.1) is 11.6 Å². The Bertz CT molecular complexity index is 273. The number of sulfone groups is 1. The molecule has 0 aromatic carbocycles. The van der Waals surface area contributed by atoms with Gasteiger partial charge >= 0.3 is 0 Å². The summed E-state index contributed by atoms with van der Waals surface area (Å²) in [6.07, 6.45) is 4.50. The van der Waals surface area contributed by atoms with Crippen LogP contribution in [0.15, 0.2) is 0 Å². The Labute approximate surface area is 78.2 Å². The van der Waals surface area contributed by atoms with Gasteiger partial charge in [0.15, 0.2) is 9.84 Å². The molecule has 0 unspecified atom stereocenters. The Hall–Kier alpha value is 0.240. The standard InChI is InChI=1S/C8H13ClO2S/c1-12(10,11)8-5-3-2-4-6(8)7(5)9/h5-8H,2-4H2,1H3/t5-,6-,7?,8?/m1/s1. The van der Waals surface area contributed by atoms with Crippen LogP contribution in [0.25, 0.3) is 0 Å². The smallest absolute Gasteiger partial charge is 0.150 e. The van der Waals surface area contributed by atoms with Crippen molar-refractivity contribution < 1.29 is 8.42 Å². The molecule has 3 fully saturated rings. The largest absolute Gasteiger partial charge is 0.229 e. The third-order valence-electron chi connectivity index (χ3n) is 3.23. The van der Waals surface area contributed by atoms with Crippen molar-refractivity contribution in [1.82, 2.24) is 0 Å². The van der Waals surface area contributed by atoms with Crippen LogP contribution in [0.3, 0.4) is 0 Å². The van der Waals surface area contributed by atoms with Crippen molar-refractivity contribution in [3.05, 3.63) is 0 Å². The van der Waals surface area contributed by atoms with E-state index < -0.39 is 9.84 Å². The molecule has 0 N–H and O–H groups in total. The van der Waals surface area contributed by atoms with Crippen LogP contribution in [0, 0.1) is 11.8 Å². The van der Waals surface area contributed by atoms with Crippen LogP contribution in [0.5, 0.6) is 0 Å². The van der Waals surface area contributed by atoms with E-state index in [9.17, 15) is 8.42 Å². The summed E-state index contributed by atoms with van der Waals surface area (Å²) in [5.41, 5.74) is 0. The van der Waals surface area contributed by atoms with Crippen molar-refractivity contribution in [1.29, 1.82) is 0 Å². The molecular formula is C8H13ClO2S. The third-order valence-corrected chi connectivity index (χ3v) is 5.57. The van der Waals surface area contributed by atoms with Crippen molar-refractivity contribution in [2.75, 3.05) is 6.26 Å². The molecule has 2 nitrogen and oxygen atoms in total. The molecule has 0 amide bonds. The molecule has 0 aliphatic heterocycles. The number of hydrogen-bond donors (Lipinski definition) is 0. The Morgan fingerprint density at radius 3 is 2.00 bits per heavy atom. The van der Waals surface area contributed by atoms with Gasteiger partial charge in [-0.2, -0.15) is 0 Å². The lowest BCUT2D eigenvalue weighted by Crippen LogP contribution is -2.58. The first kappa shape index (κ1) is 8.82. The second-order valence-corrected chi connectivity index (χ2v) is 6.70. The molecule has 0 aromatic heterocycles. The highest BCUT2D eigenvalue weighted by Crippen LogP contribution is 2.52. The number of halogens is 1. The first-order chi connectivity index (χ1) is 5.52. The van der Waals surface area contributed by atoms with E-state index in [1.165, 1.54) is 6.26 Å². The Morgan fingerprint density at radius 2 is 1.75 bits per heavy atom. The fourth-order valence-corrected chi connectivity index (χ4v) is 5.34. The maximum atomic E-state index is 11.3. The number of rotatable bonds is 1. The van der Waals surface area contributed by atoms with Gasteiger partial charge in [0, 0.05) is 11.6 Å². The monoisotopic (exact) mass is 208 g/mol. The van der Waals surface area contributed by atoms with E-state index in [0.29, 0.717) is 0 Å². The first-order valence-electron chi connectivity index (χ1n) is 4.35. The quantitative estimate of drug-likeness (QED) is 0.612. The van der Waals surface area contributed by atoms with Gasteiger partial charge in [0.2, 0.25) is 0 Å². The van der Waals surface area contributed by atoms with E-state index in [1.54, 1.807) is 0 Å². The average molecular weight is 209 g/mol. The predicted octanol–water partition coefficient (Wildman–Crippen LogP) is 1.44. The van der Waals surface area contributed by atoms with E-state index >= 15 is 0 Å². The van der Waals surface area contributed by atoms with Crippen LogP contribution >= 0.6 is 11.6 Å². The second kappa shape index (κ2) is 2.61. The Kier molecular flexibility index (Phi) is 1.92. The summed E-state index contributed by atoms with van der Waals surface area (Å²) in [5.74, 6) is 0.501. The topological polar surface area (TPSA) is 34.1 Å². The molecule has 3 saturated carbocycles. The molecule has 0 radical (unpaired) electrons. The highest BCUT2D eigenvalue weighted by atomic mass is 35.5. The minimum Gasteiger partial charge on any atom is -0.229 e.